The van der Waals surface area contributed by atoms with E-state index in [2.05, 4.69) is 67.7 Å². The Morgan fingerprint density at radius 2 is 1.29 bits per heavy atom. The zero-order valence-corrected chi connectivity index (χ0v) is 24.2. The van der Waals surface area contributed by atoms with E-state index in [9.17, 15) is 4.79 Å². The summed E-state index contributed by atoms with van der Waals surface area (Å²) in [5.74, 6) is 0. The van der Waals surface area contributed by atoms with Gasteiger partial charge in [0.2, 0.25) is 0 Å². The first-order valence-corrected chi connectivity index (χ1v) is 17.1. The van der Waals surface area contributed by atoms with Crippen LogP contribution in [0.15, 0.2) is 12.2 Å². The predicted octanol–water partition coefficient (Wildman–Crippen LogP) is 6.51. The number of hydroxylamine groups is 2. The maximum atomic E-state index is 12.9. The number of carbonyl (C=O) groups excluding carboxylic acids is 1. The molecular weight excluding hydrogens is 426 g/mol. The summed E-state index contributed by atoms with van der Waals surface area (Å²) in [7, 11) is -3.89. The Balaban J connectivity index is 2.98. The summed E-state index contributed by atoms with van der Waals surface area (Å²) in [5.41, 5.74) is -0.612. The normalized spacial score (nSPS) is 21.4. The highest BCUT2D eigenvalue weighted by Crippen LogP contribution is 2.38. The van der Waals surface area contributed by atoms with Crippen molar-refractivity contribution in [2.24, 2.45) is 0 Å². The van der Waals surface area contributed by atoms with Crippen LogP contribution in [0, 0.1) is 0 Å². The maximum absolute atomic E-state index is 12.9. The quantitative estimate of drug-likeness (QED) is 0.325. The molecule has 0 aliphatic carbocycles. The van der Waals surface area contributed by atoms with Crippen LogP contribution >= 0.6 is 0 Å². The van der Waals surface area contributed by atoms with Gasteiger partial charge in [-0.1, -0.05) is 53.7 Å². The summed E-state index contributed by atoms with van der Waals surface area (Å²) in [4.78, 5) is 19.0. The van der Waals surface area contributed by atoms with Crippen LogP contribution < -0.4 is 0 Å². The van der Waals surface area contributed by atoms with Gasteiger partial charge in [-0.2, -0.15) is 5.06 Å². The number of ether oxygens (including phenoxy) is 1. The second kappa shape index (κ2) is 9.67. The Bertz CT molecular complexity index is 642. The number of amides is 1. The fraction of sp³-hybridized carbons (Fsp3) is 0.870. The number of rotatable bonds is 6. The summed E-state index contributed by atoms with van der Waals surface area (Å²) in [6, 6.07) is -0.340. The van der Waals surface area contributed by atoms with Crippen molar-refractivity contribution in [3.05, 3.63) is 12.2 Å². The van der Waals surface area contributed by atoms with Gasteiger partial charge in [-0.15, -0.1) is 0 Å². The number of hydrogen-bond donors (Lipinski definition) is 0. The largest absolute Gasteiger partial charge is 0.442 e. The van der Waals surface area contributed by atoms with Crippen LogP contribution in [0.5, 0.6) is 0 Å². The van der Waals surface area contributed by atoms with Gasteiger partial charge in [-0.3, -0.25) is 4.84 Å². The Morgan fingerprint density at radius 1 is 0.839 bits per heavy atom. The monoisotopic (exact) mass is 473 g/mol. The molecule has 0 N–H and O–H groups in total. The average Bonchev–Trinajstić information content (AvgIpc) is 2.55. The molecule has 0 saturated carbocycles. The minimum atomic E-state index is -1.97. The SMILES string of the molecule is CC(C)(C)OC(=O)N1O[C@@H](CO[Si](C)(C)C(C)(C)C)C=C[C@H]1CO[Si](C)(C)C(C)(C)C. The molecule has 0 aromatic carbocycles. The predicted molar refractivity (Wildman–Crippen MR) is 132 cm³/mol. The lowest BCUT2D eigenvalue weighted by atomic mass is 10.2. The van der Waals surface area contributed by atoms with Crippen LogP contribution in [0.3, 0.4) is 0 Å². The van der Waals surface area contributed by atoms with Crippen LogP contribution in [-0.2, 0) is 18.4 Å². The minimum Gasteiger partial charge on any atom is -0.442 e. The molecule has 0 unspecified atom stereocenters. The fourth-order valence-corrected chi connectivity index (χ4v) is 4.34. The molecule has 1 rings (SSSR count). The zero-order chi connectivity index (χ0) is 24.5. The fourth-order valence-electron chi connectivity index (χ4n) is 2.30. The van der Waals surface area contributed by atoms with E-state index >= 15 is 0 Å². The molecule has 0 saturated heterocycles. The topological polar surface area (TPSA) is 57.2 Å². The first-order chi connectivity index (χ1) is 13.7. The van der Waals surface area contributed by atoms with Crippen LogP contribution in [0.4, 0.5) is 4.79 Å². The first-order valence-electron chi connectivity index (χ1n) is 11.3. The van der Waals surface area contributed by atoms with Gasteiger partial charge in [0.25, 0.3) is 0 Å². The van der Waals surface area contributed by atoms with E-state index in [4.69, 9.17) is 18.4 Å². The summed E-state index contributed by atoms with van der Waals surface area (Å²) < 4.78 is 18.3. The van der Waals surface area contributed by atoms with Crippen molar-refractivity contribution in [3.8, 4) is 0 Å². The summed E-state index contributed by atoms with van der Waals surface area (Å²) in [6.45, 7) is 28.4. The summed E-state index contributed by atoms with van der Waals surface area (Å²) in [5, 5.41) is 1.52. The highest BCUT2D eigenvalue weighted by Gasteiger charge is 2.41. The lowest BCUT2D eigenvalue weighted by Gasteiger charge is -2.41. The zero-order valence-electron chi connectivity index (χ0n) is 22.2. The number of hydrogen-bond acceptors (Lipinski definition) is 5. The van der Waals surface area contributed by atoms with Crippen molar-refractivity contribution in [2.45, 2.75) is 116 Å². The van der Waals surface area contributed by atoms with Crippen molar-refractivity contribution in [1.29, 1.82) is 0 Å². The molecule has 0 spiro atoms. The third-order valence-electron chi connectivity index (χ3n) is 6.51. The van der Waals surface area contributed by atoms with Crippen molar-refractivity contribution in [2.75, 3.05) is 13.2 Å². The van der Waals surface area contributed by atoms with Crippen molar-refractivity contribution in [3.63, 3.8) is 0 Å². The molecule has 0 radical (unpaired) electrons. The van der Waals surface area contributed by atoms with Crippen LogP contribution in [0.25, 0.3) is 0 Å². The van der Waals surface area contributed by atoms with Crippen molar-refractivity contribution >= 4 is 22.7 Å². The molecule has 1 aliphatic rings. The molecule has 182 valence electrons. The van der Waals surface area contributed by atoms with E-state index in [1.807, 2.05) is 32.9 Å². The van der Waals surface area contributed by atoms with E-state index in [0.29, 0.717) is 13.2 Å². The Labute approximate surface area is 192 Å². The van der Waals surface area contributed by atoms with Crippen LogP contribution in [0.2, 0.25) is 36.3 Å². The highest BCUT2D eigenvalue weighted by atomic mass is 28.4. The second-order valence-electron chi connectivity index (χ2n) is 12.5. The minimum absolute atomic E-state index is 0.0858. The number of nitrogens with zero attached hydrogens (tertiary/aromatic N) is 1. The van der Waals surface area contributed by atoms with E-state index in [0.717, 1.165) is 0 Å². The second-order valence-corrected chi connectivity index (χ2v) is 22.2. The van der Waals surface area contributed by atoms with Gasteiger partial charge < -0.3 is 13.6 Å². The molecule has 2 atom stereocenters. The standard InChI is InChI=1S/C23H47NO5Si2/c1-21(2,3)28-20(25)24-18(16-26-30(10,11)22(4,5)6)14-15-19(29-24)17-27-31(12,13)23(7,8)9/h14-15,18-19H,16-17H2,1-13H3/t18-,19+/m0/s1. The van der Waals surface area contributed by atoms with E-state index in [1.165, 1.54) is 5.06 Å². The maximum Gasteiger partial charge on any atom is 0.435 e. The van der Waals surface area contributed by atoms with E-state index in [-0.39, 0.29) is 22.2 Å². The molecule has 31 heavy (non-hydrogen) atoms. The van der Waals surface area contributed by atoms with Crippen LogP contribution in [-0.4, -0.2) is 58.8 Å². The highest BCUT2D eigenvalue weighted by molar-refractivity contribution is 6.74. The average molecular weight is 474 g/mol. The van der Waals surface area contributed by atoms with Crippen molar-refractivity contribution in [1.82, 2.24) is 5.06 Å². The van der Waals surface area contributed by atoms with Crippen molar-refractivity contribution < 1.29 is 23.2 Å². The first kappa shape index (κ1) is 28.4. The van der Waals surface area contributed by atoms with Gasteiger partial charge in [-0.25, -0.2) is 4.79 Å². The van der Waals surface area contributed by atoms with Crippen LogP contribution in [0.1, 0.15) is 62.3 Å². The van der Waals surface area contributed by atoms with Gasteiger partial charge in [0.05, 0.1) is 13.2 Å². The van der Waals surface area contributed by atoms with E-state index in [1.54, 1.807) is 0 Å². The Morgan fingerprint density at radius 3 is 1.71 bits per heavy atom. The lowest BCUT2D eigenvalue weighted by Crippen LogP contribution is -2.52. The summed E-state index contributed by atoms with van der Waals surface area (Å²) in [6.07, 6.45) is 3.12. The molecule has 1 amide bonds. The molecule has 6 nitrogen and oxygen atoms in total. The molecule has 1 aliphatic heterocycles. The molecule has 0 bridgehead atoms. The van der Waals surface area contributed by atoms with Gasteiger partial charge >= 0.3 is 6.09 Å². The lowest BCUT2D eigenvalue weighted by molar-refractivity contribution is -0.200. The summed E-state index contributed by atoms with van der Waals surface area (Å²) >= 11 is 0. The van der Waals surface area contributed by atoms with Gasteiger partial charge in [0.15, 0.2) is 16.6 Å². The Kier molecular flexibility index (Phi) is 8.85. The van der Waals surface area contributed by atoms with E-state index < -0.39 is 28.3 Å². The molecule has 1 heterocycles. The molecule has 0 fully saturated rings. The third-order valence-corrected chi connectivity index (χ3v) is 15.5. The van der Waals surface area contributed by atoms with Gasteiger partial charge in [0.1, 0.15) is 17.7 Å². The number of carbonyl (C=O) groups is 1. The third kappa shape index (κ3) is 8.31. The molecular formula is C23H47NO5Si2. The molecule has 0 aromatic heterocycles. The van der Waals surface area contributed by atoms with Gasteiger partial charge in [0, 0.05) is 0 Å². The molecule has 8 heteroatoms. The smallest absolute Gasteiger partial charge is 0.435 e. The molecule has 0 aromatic rings. The Hall–Kier alpha value is -0.676. The van der Waals surface area contributed by atoms with Gasteiger partial charge in [-0.05, 0) is 57.0 Å².